The van der Waals surface area contributed by atoms with Crippen LogP contribution in [0.25, 0.3) is 6.08 Å². The van der Waals surface area contributed by atoms with E-state index in [4.69, 9.17) is 34.8 Å². The van der Waals surface area contributed by atoms with Crippen molar-refractivity contribution >= 4 is 56.6 Å². The first-order chi connectivity index (χ1) is 11.7. The van der Waals surface area contributed by atoms with Crippen LogP contribution in [0, 0.1) is 0 Å². The van der Waals surface area contributed by atoms with Gasteiger partial charge in [0.05, 0.1) is 4.90 Å². The highest BCUT2D eigenvalue weighted by Gasteiger charge is 2.44. The van der Waals surface area contributed by atoms with Crippen LogP contribution < -0.4 is 5.32 Å². The van der Waals surface area contributed by atoms with Crippen molar-refractivity contribution in [1.29, 1.82) is 0 Å². The van der Waals surface area contributed by atoms with Gasteiger partial charge in [-0.1, -0.05) is 83.3 Å². The van der Waals surface area contributed by atoms with Crippen molar-refractivity contribution in [2.45, 2.75) is 14.1 Å². The van der Waals surface area contributed by atoms with Crippen LogP contribution >= 0.6 is 34.8 Å². The second kappa shape index (κ2) is 8.23. The van der Waals surface area contributed by atoms with Crippen LogP contribution in [0.1, 0.15) is 5.56 Å². The third-order valence-corrected chi connectivity index (χ3v) is 6.24. The van der Waals surface area contributed by atoms with E-state index in [9.17, 15) is 13.2 Å². The molecule has 0 aliphatic carbocycles. The zero-order valence-corrected chi connectivity index (χ0v) is 15.9. The van der Waals surface area contributed by atoms with Crippen LogP contribution in [0.4, 0.5) is 0 Å². The Bertz CT molecular complexity index is 848. The third kappa shape index (κ3) is 5.47. The van der Waals surface area contributed by atoms with Crippen molar-refractivity contribution in [2.75, 3.05) is 0 Å². The summed E-state index contributed by atoms with van der Waals surface area (Å²) in [6.07, 6.45) is 2.71. The SMILES string of the molecule is O=C(/C=C/c1ccccc1)N[C@H](C(Cl)(Cl)Cl)S(=O)(=O)c1ccccc1. The maximum atomic E-state index is 12.7. The topological polar surface area (TPSA) is 63.2 Å². The third-order valence-electron chi connectivity index (χ3n) is 3.18. The fourth-order valence-electron chi connectivity index (χ4n) is 1.99. The molecule has 2 aromatic carbocycles. The number of hydrogen-bond acceptors (Lipinski definition) is 3. The summed E-state index contributed by atoms with van der Waals surface area (Å²) in [6, 6.07) is 16.5. The van der Waals surface area contributed by atoms with Gasteiger partial charge in [-0.3, -0.25) is 4.79 Å². The number of halogens is 3. The molecule has 1 amide bonds. The van der Waals surface area contributed by atoms with Crippen LogP contribution in [-0.2, 0) is 14.6 Å². The number of amides is 1. The van der Waals surface area contributed by atoms with E-state index < -0.39 is 24.9 Å². The Balaban J connectivity index is 2.25. The minimum Gasteiger partial charge on any atom is -0.332 e. The van der Waals surface area contributed by atoms with Gasteiger partial charge in [-0.15, -0.1) is 0 Å². The van der Waals surface area contributed by atoms with Crippen LogP contribution in [0.2, 0.25) is 0 Å². The molecular weight excluding hydrogens is 405 g/mol. The number of alkyl halides is 3. The molecule has 4 nitrogen and oxygen atoms in total. The van der Waals surface area contributed by atoms with E-state index in [1.54, 1.807) is 30.3 Å². The fraction of sp³-hybridized carbons (Fsp3) is 0.118. The van der Waals surface area contributed by atoms with Gasteiger partial charge < -0.3 is 5.32 Å². The normalized spacial score (nSPS) is 13.6. The summed E-state index contributed by atoms with van der Waals surface area (Å²) in [5.41, 5.74) is 0.772. The van der Waals surface area contributed by atoms with Crippen LogP contribution in [0.5, 0.6) is 0 Å². The minimum atomic E-state index is -4.10. The molecule has 2 rings (SSSR count). The summed E-state index contributed by atoms with van der Waals surface area (Å²) >= 11 is 17.4. The molecule has 8 heteroatoms. The lowest BCUT2D eigenvalue weighted by molar-refractivity contribution is -0.116. The van der Waals surface area contributed by atoms with Crippen LogP contribution in [-0.4, -0.2) is 23.5 Å². The van der Waals surface area contributed by atoms with Crippen molar-refractivity contribution in [3.8, 4) is 0 Å². The molecule has 0 spiro atoms. The highest BCUT2D eigenvalue weighted by molar-refractivity contribution is 7.92. The van der Waals surface area contributed by atoms with E-state index in [-0.39, 0.29) is 4.90 Å². The first-order valence-electron chi connectivity index (χ1n) is 7.10. The van der Waals surface area contributed by atoms with E-state index in [1.165, 1.54) is 24.3 Å². The number of nitrogens with one attached hydrogen (secondary N) is 1. The molecule has 1 atom stereocenters. The molecule has 0 fully saturated rings. The first kappa shape index (κ1) is 19.8. The predicted octanol–water partition coefficient (Wildman–Crippen LogP) is 3.99. The maximum absolute atomic E-state index is 12.7. The Kier molecular flexibility index (Phi) is 6.52. The van der Waals surface area contributed by atoms with E-state index in [0.29, 0.717) is 0 Å². The predicted molar refractivity (Wildman–Crippen MR) is 101 cm³/mol. The molecule has 0 bridgehead atoms. The van der Waals surface area contributed by atoms with Gasteiger partial charge in [0.1, 0.15) is 0 Å². The van der Waals surface area contributed by atoms with Crippen molar-refractivity contribution < 1.29 is 13.2 Å². The molecule has 0 saturated heterocycles. The molecule has 2 aromatic rings. The molecule has 1 N–H and O–H groups in total. The second-order valence-electron chi connectivity index (χ2n) is 5.03. The maximum Gasteiger partial charge on any atom is 0.245 e. The Morgan fingerprint density at radius 3 is 2.00 bits per heavy atom. The van der Waals surface area contributed by atoms with E-state index in [0.717, 1.165) is 5.56 Å². The molecule has 0 heterocycles. The monoisotopic (exact) mass is 417 g/mol. The minimum absolute atomic E-state index is 0.0568. The van der Waals surface area contributed by atoms with Crippen LogP contribution in [0.15, 0.2) is 71.6 Å². The van der Waals surface area contributed by atoms with Crippen LogP contribution in [0.3, 0.4) is 0 Å². The number of hydrogen-bond donors (Lipinski definition) is 1. The van der Waals surface area contributed by atoms with Gasteiger partial charge in [-0.2, -0.15) is 0 Å². The van der Waals surface area contributed by atoms with E-state index in [1.807, 2.05) is 18.2 Å². The van der Waals surface area contributed by atoms with Crippen molar-refractivity contribution in [3.63, 3.8) is 0 Å². The van der Waals surface area contributed by atoms with Gasteiger partial charge in [0.15, 0.2) is 5.37 Å². The molecule has 0 unspecified atom stereocenters. The Labute approximate surface area is 161 Å². The molecule has 0 aliphatic heterocycles. The van der Waals surface area contributed by atoms with Crippen molar-refractivity contribution in [1.82, 2.24) is 5.32 Å². The highest BCUT2D eigenvalue weighted by Crippen LogP contribution is 2.35. The fourth-order valence-corrected chi connectivity index (χ4v) is 4.65. The molecule has 0 aromatic heterocycles. The summed E-state index contributed by atoms with van der Waals surface area (Å²) in [7, 11) is -4.10. The lowest BCUT2D eigenvalue weighted by atomic mass is 10.2. The van der Waals surface area contributed by atoms with E-state index in [2.05, 4.69) is 5.32 Å². The Hall–Kier alpha value is -1.53. The number of benzene rings is 2. The standard InChI is InChI=1S/C17H14Cl3NO3S/c18-17(19,20)16(25(23,24)14-9-5-2-6-10-14)21-15(22)12-11-13-7-3-1-4-8-13/h1-12,16H,(H,21,22)/b12-11+/t16-/m0/s1. The van der Waals surface area contributed by atoms with Gasteiger partial charge >= 0.3 is 0 Å². The Morgan fingerprint density at radius 2 is 1.48 bits per heavy atom. The van der Waals surface area contributed by atoms with Gasteiger partial charge in [0.2, 0.25) is 19.5 Å². The van der Waals surface area contributed by atoms with Gasteiger partial charge in [-0.25, -0.2) is 8.42 Å². The quantitative estimate of drug-likeness (QED) is 0.590. The van der Waals surface area contributed by atoms with E-state index >= 15 is 0 Å². The molecular formula is C17H14Cl3NO3S. The number of carbonyl (C=O) groups is 1. The summed E-state index contributed by atoms with van der Waals surface area (Å²) in [5, 5.41) is 0.521. The molecule has 25 heavy (non-hydrogen) atoms. The van der Waals surface area contributed by atoms with Gasteiger partial charge in [0.25, 0.3) is 0 Å². The number of carbonyl (C=O) groups excluding carboxylic acids is 1. The summed E-state index contributed by atoms with van der Waals surface area (Å²) in [4.78, 5) is 12.1. The average Bonchev–Trinajstić information content (AvgIpc) is 2.58. The smallest absolute Gasteiger partial charge is 0.245 e. The highest BCUT2D eigenvalue weighted by atomic mass is 35.6. The molecule has 0 aliphatic rings. The van der Waals surface area contributed by atoms with Crippen molar-refractivity contribution in [2.24, 2.45) is 0 Å². The van der Waals surface area contributed by atoms with Gasteiger partial charge in [0, 0.05) is 6.08 Å². The average molecular weight is 419 g/mol. The Morgan fingerprint density at radius 1 is 0.960 bits per heavy atom. The molecule has 0 radical (unpaired) electrons. The summed E-state index contributed by atoms with van der Waals surface area (Å²) < 4.78 is 23.1. The van der Waals surface area contributed by atoms with Gasteiger partial charge in [-0.05, 0) is 23.8 Å². The summed E-state index contributed by atoms with van der Waals surface area (Å²) in [6.45, 7) is 0. The molecule has 132 valence electrons. The first-order valence-corrected chi connectivity index (χ1v) is 9.78. The van der Waals surface area contributed by atoms with Crippen molar-refractivity contribution in [3.05, 3.63) is 72.3 Å². The second-order valence-corrected chi connectivity index (χ2v) is 9.43. The lowest BCUT2D eigenvalue weighted by Gasteiger charge is -2.25. The lowest BCUT2D eigenvalue weighted by Crippen LogP contribution is -2.48. The molecule has 0 saturated carbocycles. The summed E-state index contributed by atoms with van der Waals surface area (Å²) in [5.74, 6) is -0.695. The zero-order valence-electron chi connectivity index (χ0n) is 12.8. The largest absolute Gasteiger partial charge is 0.332 e. The zero-order chi connectivity index (χ0) is 18.5. The number of sulfone groups is 1. The number of rotatable bonds is 5.